The molecule has 0 spiro atoms. The van der Waals surface area contributed by atoms with Crippen molar-refractivity contribution in [3.8, 4) is 11.3 Å². The van der Waals surface area contributed by atoms with Gasteiger partial charge in [0.15, 0.2) is 0 Å². The molecule has 2 aromatic carbocycles. The number of nitrogens with one attached hydrogen (secondary N) is 1. The van der Waals surface area contributed by atoms with Gasteiger partial charge in [-0.15, -0.1) is 11.3 Å². The Hall–Kier alpha value is -3.13. The number of rotatable bonds is 3. The van der Waals surface area contributed by atoms with Crippen LogP contribution in [-0.4, -0.2) is 20.9 Å². The van der Waals surface area contributed by atoms with Gasteiger partial charge in [-0.3, -0.25) is 4.79 Å². The third-order valence-corrected chi connectivity index (χ3v) is 6.13. The summed E-state index contributed by atoms with van der Waals surface area (Å²) in [5.41, 5.74) is 2.90. The Kier molecular flexibility index (Phi) is 3.99. The minimum absolute atomic E-state index is 0.102. The van der Waals surface area contributed by atoms with Crippen LogP contribution in [0.3, 0.4) is 0 Å². The van der Waals surface area contributed by atoms with Gasteiger partial charge in [-0.25, -0.2) is 18.7 Å². The fourth-order valence-corrected chi connectivity index (χ4v) is 4.50. The standard InChI is InChI=1S/C21H16F2N4OS/c1-10-20(27(21(10)28)13-3-4-16-17(7-13)25-9-24-16)19-14(22)5-12(6-15(19)23)18-8-29-11(2)26-18/h3-10,20H,1-2H3,(H,24,25)/t10?,20-/m1/s1. The first-order valence-corrected chi connectivity index (χ1v) is 9.99. The van der Waals surface area contributed by atoms with Crippen LogP contribution in [0.2, 0.25) is 0 Å². The summed E-state index contributed by atoms with van der Waals surface area (Å²) in [5.74, 6) is -2.06. The number of anilines is 1. The zero-order valence-electron chi connectivity index (χ0n) is 15.6. The highest BCUT2D eigenvalue weighted by atomic mass is 32.1. The maximum absolute atomic E-state index is 15.0. The lowest BCUT2D eigenvalue weighted by molar-refractivity contribution is -0.129. The molecule has 29 heavy (non-hydrogen) atoms. The lowest BCUT2D eigenvalue weighted by atomic mass is 9.82. The van der Waals surface area contributed by atoms with E-state index >= 15 is 8.78 Å². The fraction of sp³-hybridized carbons (Fsp3) is 0.190. The quantitative estimate of drug-likeness (QED) is 0.484. The maximum atomic E-state index is 15.0. The minimum atomic E-state index is -0.717. The number of nitrogens with zero attached hydrogens (tertiary/aromatic N) is 3. The van der Waals surface area contributed by atoms with Crippen LogP contribution in [0.25, 0.3) is 22.3 Å². The number of fused-ring (bicyclic) bond motifs is 1. The second-order valence-corrected chi connectivity index (χ2v) is 8.21. The van der Waals surface area contributed by atoms with Gasteiger partial charge in [-0.05, 0) is 37.3 Å². The van der Waals surface area contributed by atoms with Crippen LogP contribution in [0.4, 0.5) is 14.5 Å². The van der Waals surface area contributed by atoms with Crippen LogP contribution in [-0.2, 0) is 4.79 Å². The van der Waals surface area contributed by atoms with E-state index in [0.717, 1.165) is 10.5 Å². The molecule has 5 rings (SSSR count). The van der Waals surface area contributed by atoms with Crippen molar-refractivity contribution in [2.75, 3.05) is 4.90 Å². The van der Waals surface area contributed by atoms with Gasteiger partial charge < -0.3 is 9.88 Å². The Morgan fingerprint density at radius 1 is 1.17 bits per heavy atom. The van der Waals surface area contributed by atoms with Gasteiger partial charge in [0.1, 0.15) is 11.6 Å². The molecule has 1 aliphatic heterocycles. The summed E-state index contributed by atoms with van der Waals surface area (Å²) in [6, 6.07) is 7.15. The van der Waals surface area contributed by atoms with Gasteiger partial charge in [0, 0.05) is 22.2 Å². The number of hydrogen-bond donors (Lipinski definition) is 1. The zero-order chi connectivity index (χ0) is 20.3. The smallest absolute Gasteiger partial charge is 0.232 e. The minimum Gasteiger partial charge on any atom is -0.345 e. The van der Waals surface area contributed by atoms with Crippen molar-refractivity contribution >= 4 is 34.0 Å². The largest absolute Gasteiger partial charge is 0.345 e. The van der Waals surface area contributed by atoms with Gasteiger partial charge in [-0.2, -0.15) is 0 Å². The van der Waals surface area contributed by atoms with E-state index in [2.05, 4.69) is 15.0 Å². The summed E-state index contributed by atoms with van der Waals surface area (Å²) >= 11 is 1.42. The Bertz CT molecular complexity index is 1240. The molecule has 1 saturated heterocycles. The highest BCUT2D eigenvalue weighted by Gasteiger charge is 2.48. The lowest BCUT2D eigenvalue weighted by Crippen LogP contribution is -2.54. The number of hydrogen-bond acceptors (Lipinski definition) is 4. The molecule has 0 aliphatic carbocycles. The normalized spacial score (nSPS) is 19.0. The van der Waals surface area contributed by atoms with E-state index in [9.17, 15) is 4.79 Å². The van der Waals surface area contributed by atoms with Crippen LogP contribution in [0.15, 0.2) is 42.0 Å². The van der Waals surface area contributed by atoms with Gasteiger partial charge in [0.05, 0.1) is 40.0 Å². The Balaban J connectivity index is 1.57. The topological polar surface area (TPSA) is 61.9 Å². The molecule has 1 N–H and O–H groups in total. The highest BCUT2D eigenvalue weighted by molar-refractivity contribution is 7.09. The zero-order valence-corrected chi connectivity index (χ0v) is 16.4. The summed E-state index contributed by atoms with van der Waals surface area (Å²) in [6.07, 6.45) is 1.56. The van der Waals surface area contributed by atoms with E-state index in [-0.39, 0.29) is 11.5 Å². The van der Waals surface area contributed by atoms with E-state index in [4.69, 9.17) is 0 Å². The molecule has 1 fully saturated rings. The maximum Gasteiger partial charge on any atom is 0.232 e. The Labute approximate surface area is 169 Å². The average molecular weight is 410 g/mol. The number of carbonyl (C=O) groups is 1. The van der Waals surface area contributed by atoms with Crippen LogP contribution in [0, 0.1) is 24.5 Å². The lowest BCUT2D eigenvalue weighted by Gasteiger charge is -2.46. The number of halogens is 2. The summed E-state index contributed by atoms with van der Waals surface area (Å²) < 4.78 is 30.1. The van der Waals surface area contributed by atoms with Gasteiger partial charge in [-0.1, -0.05) is 6.92 Å². The number of amides is 1. The predicted octanol–water partition coefficient (Wildman–Crippen LogP) is 5.00. The molecule has 2 atom stereocenters. The number of aromatic nitrogens is 3. The first kappa shape index (κ1) is 17.9. The van der Waals surface area contributed by atoms with E-state index in [1.54, 1.807) is 36.8 Å². The molecular weight excluding hydrogens is 394 g/mol. The van der Waals surface area contributed by atoms with Crippen molar-refractivity contribution in [2.45, 2.75) is 19.9 Å². The number of aromatic amines is 1. The Morgan fingerprint density at radius 2 is 1.93 bits per heavy atom. The third kappa shape index (κ3) is 2.74. The number of benzene rings is 2. The number of thiazole rings is 1. The molecule has 8 heteroatoms. The van der Waals surface area contributed by atoms with Crippen molar-refractivity contribution in [3.63, 3.8) is 0 Å². The second-order valence-electron chi connectivity index (χ2n) is 7.15. The van der Waals surface area contributed by atoms with Gasteiger partial charge >= 0.3 is 0 Å². The second kappa shape index (κ2) is 6.45. The first-order chi connectivity index (χ1) is 13.9. The molecule has 0 radical (unpaired) electrons. The molecular formula is C21H16F2N4OS. The van der Waals surface area contributed by atoms with E-state index in [1.165, 1.54) is 28.4 Å². The van der Waals surface area contributed by atoms with E-state index in [0.29, 0.717) is 22.5 Å². The van der Waals surface area contributed by atoms with Gasteiger partial charge in [0.25, 0.3) is 0 Å². The molecule has 3 heterocycles. The molecule has 1 unspecified atom stereocenters. The predicted molar refractivity (Wildman–Crippen MR) is 108 cm³/mol. The highest BCUT2D eigenvalue weighted by Crippen LogP contribution is 2.45. The van der Waals surface area contributed by atoms with E-state index < -0.39 is 23.6 Å². The molecule has 0 bridgehead atoms. The molecule has 1 aliphatic rings. The third-order valence-electron chi connectivity index (χ3n) is 5.35. The average Bonchev–Trinajstić information content (AvgIpc) is 3.34. The number of β-lactam (4-membered cyclic amide) rings is 1. The van der Waals surface area contributed by atoms with Crippen LogP contribution in [0.5, 0.6) is 0 Å². The molecule has 5 nitrogen and oxygen atoms in total. The van der Waals surface area contributed by atoms with Gasteiger partial charge in [0.2, 0.25) is 5.91 Å². The van der Waals surface area contributed by atoms with Crippen LogP contribution >= 0.6 is 11.3 Å². The van der Waals surface area contributed by atoms with Crippen molar-refractivity contribution in [2.24, 2.45) is 5.92 Å². The van der Waals surface area contributed by atoms with Crippen molar-refractivity contribution in [1.29, 1.82) is 0 Å². The molecule has 2 aromatic heterocycles. The summed E-state index contributed by atoms with van der Waals surface area (Å²) in [7, 11) is 0. The summed E-state index contributed by atoms with van der Waals surface area (Å²) in [6.45, 7) is 3.53. The molecule has 146 valence electrons. The first-order valence-electron chi connectivity index (χ1n) is 9.11. The summed E-state index contributed by atoms with van der Waals surface area (Å²) in [4.78, 5) is 25.5. The summed E-state index contributed by atoms with van der Waals surface area (Å²) in [5, 5.41) is 2.59. The SMILES string of the molecule is Cc1nc(-c2cc(F)c([C@H]3C(C)C(=O)N3c3ccc4[nH]cnc4c3)c(F)c2)cs1. The Morgan fingerprint density at radius 3 is 2.62 bits per heavy atom. The number of imidazole rings is 1. The fourth-order valence-electron chi connectivity index (χ4n) is 3.88. The van der Waals surface area contributed by atoms with Crippen molar-refractivity contribution in [3.05, 3.63) is 64.2 Å². The monoisotopic (exact) mass is 410 g/mol. The van der Waals surface area contributed by atoms with Crippen LogP contribution in [0.1, 0.15) is 23.5 Å². The molecule has 1 amide bonds. The van der Waals surface area contributed by atoms with Crippen molar-refractivity contribution in [1.82, 2.24) is 15.0 Å². The molecule has 4 aromatic rings. The van der Waals surface area contributed by atoms with E-state index in [1.807, 2.05) is 6.92 Å². The number of carbonyl (C=O) groups excluding carboxylic acids is 1. The number of H-pyrrole nitrogens is 1. The molecule has 0 saturated carbocycles. The van der Waals surface area contributed by atoms with Crippen molar-refractivity contribution < 1.29 is 13.6 Å². The number of aryl methyl sites for hydroxylation is 1. The van der Waals surface area contributed by atoms with Crippen LogP contribution < -0.4 is 4.90 Å².